The summed E-state index contributed by atoms with van der Waals surface area (Å²) in [5, 5.41) is 5.75. The molecular formula is C22H22FN3O3S. The van der Waals surface area contributed by atoms with Crippen LogP contribution in [0.3, 0.4) is 0 Å². The number of halogens is 1. The van der Waals surface area contributed by atoms with Gasteiger partial charge in [-0.05, 0) is 60.3 Å². The number of fused-ring (bicyclic) bond motifs is 5. The Balaban J connectivity index is 1.88. The maximum absolute atomic E-state index is 13.9. The molecule has 6 nitrogen and oxygen atoms in total. The van der Waals surface area contributed by atoms with Gasteiger partial charge >= 0.3 is 0 Å². The molecule has 0 amide bonds. The highest BCUT2D eigenvalue weighted by molar-refractivity contribution is 7.98. The monoisotopic (exact) mass is 427 g/mol. The van der Waals surface area contributed by atoms with Crippen LogP contribution in [0, 0.1) is 5.82 Å². The molecule has 1 aliphatic rings. The van der Waals surface area contributed by atoms with E-state index in [9.17, 15) is 8.60 Å². The van der Waals surface area contributed by atoms with E-state index >= 15 is 0 Å². The van der Waals surface area contributed by atoms with Gasteiger partial charge in [0, 0.05) is 28.6 Å². The van der Waals surface area contributed by atoms with Gasteiger partial charge in [-0.1, -0.05) is 6.07 Å². The van der Waals surface area contributed by atoms with Crippen molar-refractivity contribution in [2.45, 2.75) is 24.3 Å². The van der Waals surface area contributed by atoms with Crippen molar-refractivity contribution in [2.24, 2.45) is 5.14 Å². The van der Waals surface area contributed by atoms with Gasteiger partial charge in [0.2, 0.25) is 0 Å². The van der Waals surface area contributed by atoms with Crippen molar-refractivity contribution in [3.63, 3.8) is 0 Å². The zero-order valence-corrected chi connectivity index (χ0v) is 17.2. The molecule has 2 heterocycles. The fourth-order valence-corrected chi connectivity index (χ4v) is 4.06. The molecule has 0 fully saturated rings. The number of anilines is 1. The highest BCUT2D eigenvalue weighted by Crippen LogP contribution is 2.36. The zero-order valence-electron chi connectivity index (χ0n) is 16.4. The Kier molecular flexibility index (Phi) is 5.13. The Morgan fingerprint density at radius 3 is 2.77 bits per heavy atom. The second kappa shape index (κ2) is 7.62. The molecule has 4 rings (SSSR count). The molecule has 156 valence electrons. The van der Waals surface area contributed by atoms with Gasteiger partial charge in [0.25, 0.3) is 0 Å². The van der Waals surface area contributed by atoms with Gasteiger partial charge in [0.1, 0.15) is 17.7 Å². The number of aromatic nitrogens is 1. The van der Waals surface area contributed by atoms with Crippen LogP contribution >= 0.6 is 0 Å². The third-order valence-corrected chi connectivity index (χ3v) is 6.07. The SMILES string of the molecule is C=S(N)(=O)c1ccc2c(c1)-c1cnc(N)c(c1)OC(C)c1cc(F)ccc1OCC2. The topological polar surface area (TPSA) is 100 Å². The van der Waals surface area contributed by atoms with E-state index < -0.39 is 15.8 Å². The van der Waals surface area contributed by atoms with E-state index in [1.807, 2.05) is 6.07 Å². The molecule has 30 heavy (non-hydrogen) atoms. The summed E-state index contributed by atoms with van der Waals surface area (Å²) >= 11 is 0. The van der Waals surface area contributed by atoms with Crippen LogP contribution < -0.4 is 20.3 Å². The fraction of sp³-hybridized carbons (Fsp3) is 0.182. The van der Waals surface area contributed by atoms with Crippen LogP contribution in [-0.2, 0) is 16.1 Å². The largest absolute Gasteiger partial charge is 0.493 e. The highest BCUT2D eigenvalue weighted by Gasteiger charge is 2.19. The smallest absolute Gasteiger partial charge is 0.166 e. The van der Waals surface area contributed by atoms with E-state index in [0.29, 0.717) is 35.0 Å². The molecule has 0 saturated carbocycles. The number of rotatable bonds is 1. The van der Waals surface area contributed by atoms with E-state index in [0.717, 1.165) is 16.7 Å². The van der Waals surface area contributed by atoms with Crippen molar-refractivity contribution in [1.82, 2.24) is 4.98 Å². The summed E-state index contributed by atoms with van der Waals surface area (Å²) < 4.78 is 38.1. The second-order valence-corrected chi connectivity index (χ2v) is 9.12. The molecule has 2 unspecified atom stereocenters. The lowest BCUT2D eigenvalue weighted by molar-refractivity contribution is 0.216. The fourth-order valence-electron chi connectivity index (χ4n) is 3.45. The van der Waals surface area contributed by atoms with E-state index in [2.05, 4.69) is 10.9 Å². The van der Waals surface area contributed by atoms with E-state index in [-0.39, 0.29) is 11.6 Å². The first-order valence-corrected chi connectivity index (χ1v) is 11.1. The second-order valence-electron chi connectivity index (χ2n) is 7.19. The molecule has 2 aromatic carbocycles. The Morgan fingerprint density at radius 2 is 2.00 bits per heavy atom. The van der Waals surface area contributed by atoms with Gasteiger partial charge in [-0.3, -0.25) is 5.14 Å². The molecular weight excluding hydrogens is 405 g/mol. The summed E-state index contributed by atoms with van der Waals surface area (Å²) in [6, 6.07) is 11.4. The summed E-state index contributed by atoms with van der Waals surface area (Å²) in [7, 11) is -2.88. The van der Waals surface area contributed by atoms with Crippen molar-refractivity contribution < 1.29 is 18.1 Å². The summed E-state index contributed by atoms with van der Waals surface area (Å²) in [6.07, 6.45) is 1.66. The minimum atomic E-state index is -2.88. The summed E-state index contributed by atoms with van der Waals surface area (Å²) in [4.78, 5) is 4.69. The highest BCUT2D eigenvalue weighted by atomic mass is 32.2. The quantitative estimate of drug-likeness (QED) is 0.579. The lowest BCUT2D eigenvalue weighted by Gasteiger charge is -2.22. The van der Waals surface area contributed by atoms with Gasteiger partial charge in [0.15, 0.2) is 11.6 Å². The molecule has 2 atom stereocenters. The predicted octanol–water partition coefficient (Wildman–Crippen LogP) is 3.49. The summed E-state index contributed by atoms with van der Waals surface area (Å²) in [6.45, 7) is 2.15. The predicted molar refractivity (Wildman–Crippen MR) is 116 cm³/mol. The molecule has 3 aromatic rings. The Labute approximate surface area is 174 Å². The number of nitrogen functional groups attached to an aromatic ring is 1. The molecule has 2 bridgehead atoms. The summed E-state index contributed by atoms with van der Waals surface area (Å²) in [5.41, 5.74) is 9.07. The molecule has 1 aliphatic heterocycles. The molecule has 0 aliphatic carbocycles. The third kappa shape index (κ3) is 3.96. The van der Waals surface area contributed by atoms with Crippen molar-refractivity contribution in [3.8, 4) is 22.6 Å². The molecule has 0 spiro atoms. The normalized spacial score (nSPS) is 17.8. The van der Waals surface area contributed by atoms with Crippen molar-refractivity contribution >= 4 is 21.4 Å². The van der Waals surface area contributed by atoms with Gasteiger partial charge in [-0.15, -0.1) is 0 Å². The number of hydrogen-bond acceptors (Lipinski definition) is 5. The number of benzene rings is 2. The minimum absolute atomic E-state index is 0.207. The lowest BCUT2D eigenvalue weighted by atomic mass is 9.98. The van der Waals surface area contributed by atoms with Crippen LogP contribution in [0.2, 0.25) is 0 Å². The van der Waals surface area contributed by atoms with Crippen LogP contribution in [0.5, 0.6) is 11.5 Å². The van der Waals surface area contributed by atoms with E-state index in [1.165, 1.54) is 12.1 Å². The number of pyridine rings is 1. The molecule has 8 heteroatoms. The van der Waals surface area contributed by atoms with Crippen LogP contribution in [0.4, 0.5) is 10.2 Å². The number of hydrogen-bond donors (Lipinski definition) is 2. The van der Waals surface area contributed by atoms with E-state index in [4.69, 9.17) is 20.3 Å². The lowest BCUT2D eigenvalue weighted by Crippen LogP contribution is -2.13. The first-order valence-electron chi connectivity index (χ1n) is 9.35. The third-order valence-electron chi connectivity index (χ3n) is 5.02. The summed E-state index contributed by atoms with van der Waals surface area (Å²) in [5.74, 6) is 4.29. The zero-order chi connectivity index (χ0) is 21.5. The average Bonchev–Trinajstić information content (AvgIpc) is 2.69. The van der Waals surface area contributed by atoms with Crippen LogP contribution in [0.1, 0.15) is 24.2 Å². The Morgan fingerprint density at radius 1 is 1.20 bits per heavy atom. The van der Waals surface area contributed by atoms with Crippen molar-refractivity contribution in [2.75, 3.05) is 12.3 Å². The average molecular weight is 428 g/mol. The standard InChI is InChI=1S/C22H22FN3O3S/c1-13-18-10-16(23)4-6-20(18)28-8-7-14-3-5-17(30(2,25)27)11-19(14)15-9-21(29-13)22(24)26-12-15/h3-6,9-13H,2,7-8H2,1H3,(H2,24,26)(H2,25,27). The van der Waals surface area contributed by atoms with Gasteiger partial charge in [0.05, 0.1) is 16.3 Å². The van der Waals surface area contributed by atoms with Crippen LogP contribution in [0.15, 0.2) is 53.6 Å². The minimum Gasteiger partial charge on any atom is -0.493 e. The number of ether oxygens (including phenoxy) is 2. The van der Waals surface area contributed by atoms with Crippen LogP contribution in [-0.4, -0.2) is 21.7 Å². The van der Waals surface area contributed by atoms with Crippen LogP contribution in [0.25, 0.3) is 11.1 Å². The Hall–Kier alpha value is -3.10. The Bertz CT molecular complexity index is 1230. The first-order chi connectivity index (χ1) is 14.2. The molecule has 0 saturated heterocycles. The van der Waals surface area contributed by atoms with Gasteiger partial charge in [-0.2, -0.15) is 0 Å². The first kappa shape index (κ1) is 20.2. The molecule has 0 radical (unpaired) electrons. The van der Waals surface area contributed by atoms with Crippen molar-refractivity contribution in [1.29, 1.82) is 0 Å². The molecule has 1 aromatic heterocycles. The maximum Gasteiger partial charge on any atom is 0.166 e. The van der Waals surface area contributed by atoms with Crippen molar-refractivity contribution in [3.05, 3.63) is 65.6 Å². The molecule has 4 N–H and O–H groups in total. The van der Waals surface area contributed by atoms with E-state index in [1.54, 1.807) is 37.4 Å². The number of nitrogens with two attached hydrogens (primary N) is 2. The van der Waals surface area contributed by atoms with Gasteiger partial charge < -0.3 is 15.2 Å². The maximum atomic E-state index is 13.9. The number of nitrogens with zero attached hydrogens (tertiary/aromatic N) is 1. The van der Waals surface area contributed by atoms with Gasteiger partial charge in [-0.25, -0.2) is 13.6 Å².